The summed E-state index contributed by atoms with van der Waals surface area (Å²) in [6.07, 6.45) is 23.6. The lowest BCUT2D eigenvalue weighted by atomic mass is 9.70. The molecule has 0 radical (unpaired) electrons. The zero-order valence-electron chi connectivity index (χ0n) is 36.0. The molecule has 15 heteroatoms. The van der Waals surface area contributed by atoms with E-state index in [0.29, 0.717) is 62.3 Å². The molecule has 7 rings (SSSR count). The summed E-state index contributed by atoms with van der Waals surface area (Å²) in [5, 5.41) is 11.5. The molecule has 61 heavy (non-hydrogen) atoms. The lowest BCUT2D eigenvalue weighted by molar-refractivity contribution is -0.135. The summed E-state index contributed by atoms with van der Waals surface area (Å²) in [5.74, 6) is 4.68. The Hall–Kier alpha value is -4.03. The molecule has 6 fully saturated rings. The van der Waals surface area contributed by atoms with Crippen molar-refractivity contribution in [3.8, 4) is 11.8 Å². The number of carbonyl (C=O) groups is 5. The van der Waals surface area contributed by atoms with Gasteiger partial charge in [0.15, 0.2) is 6.04 Å². The maximum atomic E-state index is 14.6. The highest BCUT2D eigenvalue weighted by Crippen LogP contribution is 2.41. The van der Waals surface area contributed by atoms with Crippen molar-refractivity contribution in [1.29, 1.82) is 0 Å². The number of amides is 5. The molecule has 1 aromatic rings. The lowest BCUT2D eigenvalue weighted by Gasteiger charge is -2.37. The van der Waals surface area contributed by atoms with Crippen LogP contribution < -0.4 is 26.0 Å². The Balaban J connectivity index is 1.28. The minimum absolute atomic E-state index is 0.0334. The quantitative estimate of drug-likeness (QED) is 0.184. The van der Waals surface area contributed by atoms with Crippen LogP contribution in [0, 0.1) is 41.4 Å². The van der Waals surface area contributed by atoms with Crippen molar-refractivity contribution >= 4 is 39.6 Å². The molecule has 6 aliphatic rings. The van der Waals surface area contributed by atoms with Gasteiger partial charge in [0.25, 0.3) is 11.8 Å². The zero-order chi connectivity index (χ0) is 43.2. The van der Waals surface area contributed by atoms with Gasteiger partial charge in [-0.15, -0.1) is 0 Å². The van der Waals surface area contributed by atoms with Gasteiger partial charge in [0.2, 0.25) is 27.7 Å². The summed E-state index contributed by atoms with van der Waals surface area (Å²) in [7, 11) is -3.93. The van der Waals surface area contributed by atoms with E-state index in [4.69, 9.17) is 4.74 Å². The number of rotatable bonds is 8. The number of ether oxygens (including phenoxy) is 1. The van der Waals surface area contributed by atoms with E-state index in [-0.39, 0.29) is 31.0 Å². The van der Waals surface area contributed by atoms with Crippen molar-refractivity contribution in [2.45, 2.75) is 172 Å². The van der Waals surface area contributed by atoms with Crippen LogP contribution in [0.15, 0.2) is 24.5 Å². The molecule has 3 heterocycles. The zero-order valence-corrected chi connectivity index (χ0v) is 36.8. The highest BCUT2D eigenvalue weighted by Gasteiger charge is 2.37. The van der Waals surface area contributed by atoms with E-state index < -0.39 is 63.7 Å². The number of aromatic nitrogens is 1. The van der Waals surface area contributed by atoms with Crippen molar-refractivity contribution in [1.82, 2.24) is 31.0 Å². The van der Waals surface area contributed by atoms with Crippen LogP contribution in [-0.2, 0) is 38.7 Å². The summed E-state index contributed by atoms with van der Waals surface area (Å²) in [4.78, 5) is 74.2. The van der Waals surface area contributed by atoms with Crippen LogP contribution in [0.2, 0.25) is 0 Å². The Bertz CT molecular complexity index is 1810. The van der Waals surface area contributed by atoms with Crippen LogP contribution in [0.3, 0.4) is 0 Å². The number of sulfonamides is 1. The molecule has 4 unspecified atom stereocenters. The first-order valence-corrected chi connectivity index (χ1v) is 25.0. The van der Waals surface area contributed by atoms with Crippen molar-refractivity contribution in [3.63, 3.8) is 0 Å². The maximum absolute atomic E-state index is 14.6. The molecule has 5 amide bonds. The monoisotopic (exact) mass is 864 g/mol. The third-order valence-corrected chi connectivity index (χ3v) is 14.5. The second-order valence-electron chi connectivity index (χ2n) is 18.6. The van der Waals surface area contributed by atoms with Gasteiger partial charge in [0.05, 0.1) is 12.4 Å². The Morgan fingerprint density at radius 1 is 0.721 bits per heavy atom. The van der Waals surface area contributed by atoms with Gasteiger partial charge in [0, 0.05) is 18.0 Å². The fourth-order valence-corrected chi connectivity index (χ4v) is 11.0. The second kappa shape index (κ2) is 22.9. The van der Waals surface area contributed by atoms with Gasteiger partial charge < -0.3 is 26.0 Å². The first kappa shape index (κ1) is 46.5. The van der Waals surface area contributed by atoms with Gasteiger partial charge in [0.1, 0.15) is 24.7 Å². The fourth-order valence-electron chi connectivity index (χ4n) is 10.5. The van der Waals surface area contributed by atoms with E-state index in [2.05, 4.69) is 42.8 Å². The lowest BCUT2D eigenvalue weighted by Crippen LogP contribution is -2.59. The Labute approximate surface area is 362 Å². The minimum atomic E-state index is -3.93. The van der Waals surface area contributed by atoms with Crippen molar-refractivity contribution in [2.24, 2.45) is 29.6 Å². The van der Waals surface area contributed by atoms with Gasteiger partial charge >= 0.3 is 0 Å². The van der Waals surface area contributed by atoms with Crippen LogP contribution in [0.1, 0.15) is 147 Å². The van der Waals surface area contributed by atoms with Crippen molar-refractivity contribution in [3.05, 3.63) is 30.1 Å². The molecule has 5 N–H and O–H groups in total. The molecule has 2 aliphatic heterocycles. The number of pyridine rings is 1. The number of fused-ring (bicyclic) bond motifs is 16. The fraction of sp³-hybridized carbons (Fsp3) is 0.739. The average molecular weight is 865 g/mol. The van der Waals surface area contributed by atoms with Gasteiger partial charge in [-0.25, -0.2) is 8.42 Å². The molecule has 0 spiro atoms. The van der Waals surface area contributed by atoms with E-state index >= 15 is 0 Å². The third-order valence-electron chi connectivity index (χ3n) is 14.0. The van der Waals surface area contributed by atoms with Gasteiger partial charge in [-0.05, 0) is 106 Å². The van der Waals surface area contributed by atoms with E-state index in [1.807, 2.05) is 0 Å². The number of hydrogen-bond donors (Lipinski definition) is 5. The highest BCUT2D eigenvalue weighted by atomic mass is 32.2. The molecular weight excluding hydrogens is 797 g/mol. The smallest absolute Gasteiger partial charge is 0.255 e. The van der Waals surface area contributed by atoms with Gasteiger partial charge in [-0.3, -0.25) is 33.7 Å². The molecule has 0 aromatic carbocycles. The largest absolute Gasteiger partial charge is 0.368 e. The first-order chi connectivity index (χ1) is 29.4. The summed E-state index contributed by atoms with van der Waals surface area (Å²) in [6, 6.07) is -1.17. The van der Waals surface area contributed by atoms with Crippen molar-refractivity contribution in [2.75, 3.05) is 12.9 Å². The summed E-state index contributed by atoms with van der Waals surface area (Å²) >= 11 is 0. The standard InChI is InChI=1S/C46H68N6O8S/c1-61(58,59)52-46(57)41-29-34-14-20-37(21-15-34)60-30-42(53)48-38(22-17-32-24-26-47-27-25-32)43(54)50-40(28-33-12-18-36(19-13-33)35-10-6-3-7-11-35)45(56)49-39(44(55)51-41)23-16-31-8-4-2-5-9-31/h24-27,31,33-41H,2-16,18-21,23,28-30H2,1H3,(H,48,53)(H,49,56)(H,50,54)(H,51,55)(H,52,57). The highest BCUT2D eigenvalue weighted by molar-refractivity contribution is 7.89. The second-order valence-corrected chi connectivity index (χ2v) is 20.4. The van der Waals surface area contributed by atoms with E-state index in [1.165, 1.54) is 38.5 Å². The van der Waals surface area contributed by atoms with Crippen LogP contribution >= 0.6 is 0 Å². The summed E-state index contributed by atoms with van der Waals surface area (Å²) in [6.45, 7) is -0.303. The topological polar surface area (TPSA) is 202 Å². The summed E-state index contributed by atoms with van der Waals surface area (Å²) < 4.78 is 32.5. The van der Waals surface area contributed by atoms with Crippen LogP contribution in [0.25, 0.3) is 0 Å². The normalized spacial score (nSPS) is 30.8. The van der Waals surface area contributed by atoms with Gasteiger partial charge in [-0.1, -0.05) is 88.9 Å². The number of hydrogen-bond acceptors (Lipinski definition) is 9. The Morgan fingerprint density at radius 2 is 1.34 bits per heavy atom. The van der Waals surface area contributed by atoms with Crippen LogP contribution in [0.5, 0.6) is 0 Å². The van der Waals surface area contributed by atoms with Gasteiger partial charge in [-0.2, -0.15) is 0 Å². The molecule has 14 nitrogen and oxygen atoms in total. The minimum Gasteiger partial charge on any atom is -0.368 e. The third kappa shape index (κ3) is 15.1. The summed E-state index contributed by atoms with van der Waals surface area (Å²) in [5.41, 5.74) is 0.597. The average Bonchev–Trinajstić information content (AvgIpc) is 3.26. The first-order valence-electron chi connectivity index (χ1n) is 23.1. The number of nitrogens with zero attached hydrogens (tertiary/aromatic N) is 1. The Kier molecular flexibility index (Phi) is 17.4. The SMILES string of the molecule is CS(=O)(=O)NC(=O)C1CC2CCC(CC2)OCC(=O)NC(C#Cc2ccncc2)C(=O)NC(CC2CCC(C3CCCCC3)CC2)C(=O)NC(CCC2CCCCC2)C(=O)N1. The molecule has 2 saturated heterocycles. The predicted octanol–water partition coefficient (Wildman–Crippen LogP) is 4.56. The molecule has 2 bridgehead atoms. The predicted molar refractivity (Wildman–Crippen MR) is 231 cm³/mol. The Morgan fingerprint density at radius 3 is 2.02 bits per heavy atom. The molecule has 4 aliphatic carbocycles. The molecule has 1 aromatic heterocycles. The van der Waals surface area contributed by atoms with Crippen molar-refractivity contribution < 1.29 is 37.1 Å². The maximum Gasteiger partial charge on any atom is 0.255 e. The number of carbonyl (C=O) groups excluding carboxylic acids is 5. The molecular formula is C46H68N6O8S. The number of nitrogens with one attached hydrogen (secondary N) is 5. The molecule has 336 valence electrons. The van der Waals surface area contributed by atoms with E-state index in [0.717, 1.165) is 63.5 Å². The van der Waals surface area contributed by atoms with Crippen LogP contribution in [-0.4, -0.2) is 86.1 Å². The van der Waals surface area contributed by atoms with Crippen LogP contribution in [0.4, 0.5) is 0 Å². The van der Waals surface area contributed by atoms with E-state index in [9.17, 15) is 32.4 Å². The molecule has 4 saturated carbocycles. The van der Waals surface area contributed by atoms with E-state index in [1.54, 1.807) is 24.5 Å². The molecule has 4 atom stereocenters.